The van der Waals surface area contributed by atoms with Gasteiger partial charge in [-0.15, -0.1) is 0 Å². The lowest BCUT2D eigenvalue weighted by molar-refractivity contribution is 0.282. The van der Waals surface area contributed by atoms with Crippen LogP contribution >= 0.6 is 0 Å². The first-order valence-electron chi connectivity index (χ1n) is 6.84. The number of fused-ring (bicyclic) bond motifs is 1. The van der Waals surface area contributed by atoms with Crippen molar-refractivity contribution in [2.45, 2.75) is 19.6 Å². The van der Waals surface area contributed by atoms with E-state index >= 15 is 0 Å². The molecule has 0 aliphatic rings. The molecule has 2 aromatic carbocycles. The smallest absolute Gasteiger partial charge is 0.323 e. The van der Waals surface area contributed by atoms with Crippen molar-refractivity contribution in [2.24, 2.45) is 0 Å². The van der Waals surface area contributed by atoms with Gasteiger partial charge in [0, 0.05) is 17.3 Å². The lowest BCUT2D eigenvalue weighted by Crippen LogP contribution is -2.08. The molecule has 1 aromatic heterocycles. The van der Waals surface area contributed by atoms with Crippen molar-refractivity contribution < 1.29 is 5.11 Å². The summed E-state index contributed by atoms with van der Waals surface area (Å²) in [6.07, 6.45) is 0. The number of H-pyrrole nitrogens is 2. The highest BCUT2D eigenvalue weighted by molar-refractivity contribution is 5.75. The van der Waals surface area contributed by atoms with Crippen LogP contribution in [0.1, 0.15) is 24.1 Å². The molecule has 21 heavy (non-hydrogen) atoms. The monoisotopic (exact) mass is 283 g/mol. The molecule has 0 fully saturated rings. The lowest BCUT2D eigenvalue weighted by Gasteiger charge is -2.18. The van der Waals surface area contributed by atoms with E-state index in [4.69, 9.17) is 0 Å². The number of aromatic amines is 2. The van der Waals surface area contributed by atoms with Crippen molar-refractivity contribution in [3.8, 4) is 0 Å². The molecule has 0 saturated carbocycles. The summed E-state index contributed by atoms with van der Waals surface area (Å²) >= 11 is 0. The zero-order chi connectivity index (χ0) is 14.8. The number of hydrogen-bond acceptors (Lipinski definition) is 3. The summed E-state index contributed by atoms with van der Waals surface area (Å²) in [6, 6.07) is 13.5. The number of aliphatic hydroxyl groups excluding tert-OH is 1. The summed E-state index contributed by atoms with van der Waals surface area (Å²) in [5.41, 5.74) is 4.22. The maximum atomic E-state index is 11.3. The van der Waals surface area contributed by atoms with Gasteiger partial charge in [0.1, 0.15) is 0 Å². The third-order valence-electron chi connectivity index (χ3n) is 3.60. The Morgan fingerprint density at radius 3 is 2.71 bits per heavy atom. The predicted molar refractivity (Wildman–Crippen MR) is 83.3 cm³/mol. The van der Waals surface area contributed by atoms with Crippen LogP contribution in [0.3, 0.4) is 0 Å². The van der Waals surface area contributed by atoms with Gasteiger partial charge in [-0.25, -0.2) is 4.79 Å². The van der Waals surface area contributed by atoms with E-state index in [-0.39, 0.29) is 18.3 Å². The first-order valence-corrected chi connectivity index (χ1v) is 6.84. The third-order valence-corrected chi connectivity index (χ3v) is 3.60. The number of rotatable bonds is 4. The molecule has 1 unspecified atom stereocenters. The van der Waals surface area contributed by atoms with E-state index < -0.39 is 0 Å². The van der Waals surface area contributed by atoms with E-state index in [2.05, 4.69) is 15.3 Å². The molecule has 1 heterocycles. The van der Waals surface area contributed by atoms with Gasteiger partial charge in [-0.2, -0.15) is 0 Å². The number of benzene rings is 2. The number of aromatic nitrogens is 2. The molecule has 5 heteroatoms. The van der Waals surface area contributed by atoms with Crippen LogP contribution in [-0.4, -0.2) is 15.1 Å². The number of hydrogen-bond donors (Lipinski definition) is 4. The van der Waals surface area contributed by atoms with Gasteiger partial charge in [0.15, 0.2) is 0 Å². The quantitative estimate of drug-likeness (QED) is 0.594. The Balaban J connectivity index is 1.89. The van der Waals surface area contributed by atoms with E-state index in [9.17, 15) is 9.90 Å². The maximum Gasteiger partial charge on any atom is 0.323 e. The number of aliphatic hydroxyl groups is 1. The number of nitrogens with one attached hydrogen (secondary N) is 3. The normalized spacial score (nSPS) is 12.5. The molecule has 0 aliphatic carbocycles. The van der Waals surface area contributed by atoms with Crippen LogP contribution in [0, 0.1) is 0 Å². The molecule has 3 rings (SSSR count). The molecular weight excluding hydrogens is 266 g/mol. The Morgan fingerprint density at radius 1 is 1.14 bits per heavy atom. The molecule has 108 valence electrons. The van der Waals surface area contributed by atoms with E-state index in [0.717, 1.165) is 27.8 Å². The average Bonchev–Trinajstić information content (AvgIpc) is 2.86. The minimum atomic E-state index is -0.201. The molecule has 0 spiro atoms. The first kappa shape index (κ1) is 13.5. The lowest BCUT2D eigenvalue weighted by atomic mass is 10.1. The molecule has 0 amide bonds. The zero-order valence-corrected chi connectivity index (χ0v) is 11.7. The fourth-order valence-electron chi connectivity index (χ4n) is 2.44. The topological polar surface area (TPSA) is 80.9 Å². The van der Waals surface area contributed by atoms with E-state index in [1.165, 1.54) is 0 Å². The summed E-state index contributed by atoms with van der Waals surface area (Å²) in [7, 11) is 0. The fourth-order valence-corrected chi connectivity index (χ4v) is 2.44. The molecule has 5 nitrogen and oxygen atoms in total. The molecule has 0 radical (unpaired) electrons. The van der Waals surface area contributed by atoms with Crippen LogP contribution in [0.25, 0.3) is 11.0 Å². The molecule has 3 aromatic rings. The highest BCUT2D eigenvalue weighted by atomic mass is 16.3. The van der Waals surface area contributed by atoms with Crippen LogP contribution < -0.4 is 11.0 Å². The van der Waals surface area contributed by atoms with Gasteiger partial charge in [-0.1, -0.05) is 24.3 Å². The van der Waals surface area contributed by atoms with Gasteiger partial charge < -0.3 is 20.4 Å². The second-order valence-corrected chi connectivity index (χ2v) is 5.07. The maximum absolute atomic E-state index is 11.3. The van der Waals surface area contributed by atoms with Crippen molar-refractivity contribution in [1.29, 1.82) is 0 Å². The van der Waals surface area contributed by atoms with E-state index in [1.54, 1.807) is 0 Å². The van der Waals surface area contributed by atoms with Crippen molar-refractivity contribution in [2.75, 3.05) is 5.32 Å². The summed E-state index contributed by atoms with van der Waals surface area (Å²) in [5.74, 6) is 0. The molecule has 4 N–H and O–H groups in total. The van der Waals surface area contributed by atoms with Crippen molar-refractivity contribution in [1.82, 2.24) is 9.97 Å². The van der Waals surface area contributed by atoms with Gasteiger partial charge >= 0.3 is 5.69 Å². The van der Waals surface area contributed by atoms with E-state index in [0.29, 0.717) is 0 Å². The number of anilines is 1. The summed E-state index contributed by atoms with van der Waals surface area (Å²) in [4.78, 5) is 16.8. The Kier molecular flexibility index (Phi) is 3.50. The highest BCUT2D eigenvalue weighted by Crippen LogP contribution is 2.24. The second-order valence-electron chi connectivity index (χ2n) is 5.07. The van der Waals surface area contributed by atoms with Crippen LogP contribution in [0.4, 0.5) is 5.69 Å². The Morgan fingerprint density at radius 2 is 1.90 bits per heavy atom. The van der Waals surface area contributed by atoms with E-state index in [1.807, 2.05) is 49.4 Å². The van der Waals surface area contributed by atoms with Gasteiger partial charge in [-0.3, -0.25) is 0 Å². The Labute approximate surface area is 121 Å². The molecule has 0 aliphatic heterocycles. The largest absolute Gasteiger partial charge is 0.392 e. The molecular formula is C16H17N3O2. The highest BCUT2D eigenvalue weighted by Gasteiger charge is 2.09. The van der Waals surface area contributed by atoms with Crippen LogP contribution in [-0.2, 0) is 6.61 Å². The van der Waals surface area contributed by atoms with Gasteiger partial charge in [-0.05, 0) is 30.7 Å². The standard InChI is InChI=1S/C16H17N3O2/c1-10(17-13-5-3-2-4-12(13)9-20)11-6-7-14-15(8-11)19-16(21)18-14/h2-8,10,17,20H,9H2,1H3,(H2,18,19,21). The van der Waals surface area contributed by atoms with Gasteiger partial charge in [0.2, 0.25) is 0 Å². The Bertz CT molecular complexity index is 820. The summed E-state index contributed by atoms with van der Waals surface area (Å²) in [6.45, 7) is 2.04. The van der Waals surface area contributed by atoms with Crippen LogP contribution in [0.2, 0.25) is 0 Å². The van der Waals surface area contributed by atoms with Gasteiger partial charge in [0.25, 0.3) is 0 Å². The molecule has 1 atom stereocenters. The third kappa shape index (κ3) is 2.68. The summed E-state index contributed by atoms with van der Waals surface area (Å²) in [5, 5.41) is 12.7. The predicted octanol–water partition coefficient (Wildman–Crippen LogP) is 2.52. The Hall–Kier alpha value is -2.53. The van der Waals surface area contributed by atoms with Gasteiger partial charge in [0.05, 0.1) is 17.6 Å². The van der Waals surface area contributed by atoms with Crippen molar-refractivity contribution in [3.63, 3.8) is 0 Å². The SMILES string of the molecule is CC(Nc1ccccc1CO)c1ccc2[nH]c(=O)[nH]c2c1. The molecule has 0 bridgehead atoms. The fraction of sp³-hybridized carbons (Fsp3) is 0.188. The van der Waals surface area contributed by atoms with Crippen molar-refractivity contribution in [3.05, 3.63) is 64.1 Å². The molecule has 0 saturated heterocycles. The number of para-hydroxylation sites is 1. The minimum Gasteiger partial charge on any atom is -0.392 e. The van der Waals surface area contributed by atoms with Crippen LogP contribution in [0.5, 0.6) is 0 Å². The first-order chi connectivity index (χ1) is 10.2. The zero-order valence-electron chi connectivity index (χ0n) is 11.7. The van der Waals surface area contributed by atoms with Crippen molar-refractivity contribution >= 4 is 16.7 Å². The minimum absolute atomic E-state index is 0.0000581. The summed E-state index contributed by atoms with van der Waals surface area (Å²) < 4.78 is 0. The average molecular weight is 283 g/mol. The number of imidazole rings is 1. The van der Waals surface area contributed by atoms with Crippen LogP contribution in [0.15, 0.2) is 47.3 Å². The second kappa shape index (κ2) is 5.46.